The third-order valence-electron chi connectivity index (χ3n) is 3.05. The topological polar surface area (TPSA) is 44.8 Å². The van der Waals surface area contributed by atoms with Gasteiger partial charge in [0.15, 0.2) is 12.1 Å². The molecule has 1 aliphatic rings. The number of hydrogen-bond donors (Lipinski definition) is 0. The third-order valence-corrected chi connectivity index (χ3v) is 3.05. The van der Waals surface area contributed by atoms with Crippen LogP contribution < -0.4 is 4.74 Å². The zero-order valence-corrected chi connectivity index (χ0v) is 11.3. The van der Waals surface area contributed by atoms with Gasteiger partial charge in [-0.15, -0.1) is 0 Å². The number of ketones is 1. The van der Waals surface area contributed by atoms with Gasteiger partial charge in [0.2, 0.25) is 0 Å². The lowest BCUT2D eigenvalue weighted by Crippen LogP contribution is -2.24. The van der Waals surface area contributed by atoms with Gasteiger partial charge >= 0.3 is 0 Å². The average Bonchev–Trinajstić information content (AvgIpc) is 2.45. The van der Waals surface area contributed by atoms with Crippen molar-refractivity contribution in [1.82, 2.24) is 0 Å². The van der Waals surface area contributed by atoms with E-state index >= 15 is 0 Å². The number of carbonyl (C=O) groups is 1. The molecule has 19 heavy (non-hydrogen) atoms. The second-order valence-electron chi connectivity index (χ2n) is 4.60. The van der Waals surface area contributed by atoms with Crippen LogP contribution in [0.1, 0.15) is 36.5 Å². The Bertz CT molecular complexity index is 393. The lowest BCUT2D eigenvalue weighted by molar-refractivity contribution is -0.165. The summed E-state index contributed by atoms with van der Waals surface area (Å²) in [4.78, 5) is 11.1. The summed E-state index contributed by atoms with van der Waals surface area (Å²) in [6.45, 7) is 3.34. The van der Waals surface area contributed by atoms with Gasteiger partial charge in [0.05, 0.1) is 6.61 Å². The minimum atomic E-state index is -0.0718. The van der Waals surface area contributed by atoms with Gasteiger partial charge in [-0.1, -0.05) is 0 Å². The van der Waals surface area contributed by atoms with E-state index < -0.39 is 0 Å². The maximum Gasteiger partial charge on any atom is 0.159 e. The molecular formula is C15H20O4. The molecule has 4 heteroatoms. The van der Waals surface area contributed by atoms with Crippen LogP contribution in [0.25, 0.3) is 0 Å². The molecule has 104 valence electrons. The Morgan fingerprint density at radius 3 is 2.68 bits per heavy atom. The summed E-state index contributed by atoms with van der Waals surface area (Å²) in [6.07, 6.45) is 3.18. The molecule has 1 heterocycles. The van der Waals surface area contributed by atoms with Crippen molar-refractivity contribution < 1.29 is 19.0 Å². The Morgan fingerprint density at radius 1 is 1.26 bits per heavy atom. The normalized spacial score (nSPS) is 19.1. The Morgan fingerprint density at radius 2 is 2.05 bits per heavy atom. The first kappa shape index (κ1) is 14.0. The van der Waals surface area contributed by atoms with Crippen molar-refractivity contribution in [2.75, 3.05) is 19.8 Å². The molecule has 0 saturated carbocycles. The summed E-state index contributed by atoms with van der Waals surface area (Å²) in [7, 11) is 0. The lowest BCUT2D eigenvalue weighted by atomic mass is 10.1. The van der Waals surface area contributed by atoms with E-state index in [4.69, 9.17) is 14.2 Å². The molecule has 1 aromatic carbocycles. The molecule has 4 nitrogen and oxygen atoms in total. The zero-order valence-electron chi connectivity index (χ0n) is 11.3. The van der Waals surface area contributed by atoms with E-state index in [1.165, 1.54) is 0 Å². The monoisotopic (exact) mass is 264 g/mol. The van der Waals surface area contributed by atoms with Crippen LogP contribution >= 0.6 is 0 Å². The number of benzene rings is 1. The molecular weight excluding hydrogens is 244 g/mol. The van der Waals surface area contributed by atoms with Crippen molar-refractivity contribution in [3.8, 4) is 5.75 Å². The molecule has 0 aromatic heterocycles. The molecule has 0 aliphatic carbocycles. The predicted molar refractivity (Wildman–Crippen MR) is 71.5 cm³/mol. The van der Waals surface area contributed by atoms with Crippen molar-refractivity contribution >= 4 is 5.78 Å². The molecule has 1 unspecified atom stereocenters. The Kier molecular flexibility index (Phi) is 5.36. The van der Waals surface area contributed by atoms with Gasteiger partial charge in [-0.05, 0) is 50.5 Å². The summed E-state index contributed by atoms with van der Waals surface area (Å²) >= 11 is 0. The number of ether oxygens (including phenoxy) is 3. The van der Waals surface area contributed by atoms with Crippen LogP contribution in [0, 0.1) is 0 Å². The van der Waals surface area contributed by atoms with Crippen LogP contribution in [-0.2, 0) is 9.47 Å². The van der Waals surface area contributed by atoms with Crippen LogP contribution in [0.5, 0.6) is 5.75 Å². The quantitative estimate of drug-likeness (QED) is 0.585. The van der Waals surface area contributed by atoms with Gasteiger partial charge < -0.3 is 14.2 Å². The summed E-state index contributed by atoms with van der Waals surface area (Å²) in [5.74, 6) is 0.808. The van der Waals surface area contributed by atoms with E-state index in [1.807, 2.05) is 0 Å². The van der Waals surface area contributed by atoms with Gasteiger partial charge in [-0.2, -0.15) is 0 Å². The second-order valence-corrected chi connectivity index (χ2v) is 4.60. The van der Waals surface area contributed by atoms with Crippen molar-refractivity contribution in [3.05, 3.63) is 29.8 Å². The lowest BCUT2D eigenvalue weighted by Gasteiger charge is -2.22. The van der Waals surface area contributed by atoms with Crippen molar-refractivity contribution in [3.63, 3.8) is 0 Å². The van der Waals surface area contributed by atoms with E-state index in [1.54, 1.807) is 31.2 Å². The van der Waals surface area contributed by atoms with E-state index in [9.17, 15) is 4.79 Å². The highest BCUT2D eigenvalue weighted by Crippen LogP contribution is 2.14. The summed E-state index contributed by atoms with van der Waals surface area (Å²) in [5, 5.41) is 0. The van der Waals surface area contributed by atoms with Crippen LogP contribution in [0.3, 0.4) is 0 Å². The molecule has 0 amide bonds. The van der Waals surface area contributed by atoms with Gasteiger partial charge in [-0.25, -0.2) is 0 Å². The first-order chi connectivity index (χ1) is 9.25. The molecule has 1 atom stereocenters. The van der Waals surface area contributed by atoms with E-state index in [0.717, 1.165) is 31.6 Å². The van der Waals surface area contributed by atoms with E-state index in [0.29, 0.717) is 18.8 Å². The molecule has 0 bridgehead atoms. The minimum absolute atomic E-state index is 0.0596. The van der Waals surface area contributed by atoms with E-state index in [2.05, 4.69) is 0 Å². The smallest absolute Gasteiger partial charge is 0.159 e. The fourth-order valence-corrected chi connectivity index (χ4v) is 1.97. The number of rotatable bonds is 6. The Labute approximate surface area is 113 Å². The Balaban J connectivity index is 1.66. The fourth-order valence-electron chi connectivity index (χ4n) is 1.97. The number of hydrogen-bond acceptors (Lipinski definition) is 4. The minimum Gasteiger partial charge on any atom is -0.491 e. The third kappa shape index (κ3) is 4.65. The van der Waals surface area contributed by atoms with Crippen LogP contribution in [0.2, 0.25) is 0 Å². The van der Waals surface area contributed by atoms with Crippen molar-refractivity contribution in [1.29, 1.82) is 0 Å². The second kappa shape index (κ2) is 7.26. The number of Topliss-reactive ketones (excluding diaryl/α,β-unsaturated/α-hetero) is 1. The van der Waals surface area contributed by atoms with E-state index in [-0.39, 0.29) is 12.1 Å². The van der Waals surface area contributed by atoms with Crippen molar-refractivity contribution in [2.24, 2.45) is 0 Å². The largest absolute Gasteiger partial charge is 0.491 e. The highest BCUT2D eigenvalue weighted by Gasteiger charge is 2.13. The Hall–Kier alpha value is -1.39. The molecule has 0 spiro atoms. The highest BCUT2D eigenvalue weighted by molar-refractivity contribution is 5.94. The zero-order chi connectivity index (χ0) is 13.5. The maximum atomic E-state index is 11.1. The maximum absolute atomic E-state index is 11.1. The summed E-state index contributed by atoms with van der Waals surface area (Å²) < 4.78 is 16.6. The van der Waals surface area contributed by atoms with Gasteiger partial charge in [-0.3, -0.25) is 4.79 Å². The molecule has 0 N–H and O–H groups in total. The first-order valence-corrected chi connectivity index (χ1v) is 6.73. The summed E-state index contributed by atoms with van der Waals surface area (Å²) in [5.41, 5.74) is 0.694. The molecule has 1 fully saturated rings. The number of carbonyl (C=O) groups excluding carboxylic acids is 1. The highest BCUT2D eigenvalue weighted by atomic mass is 16.7. The van der Waals surface area contributed by atoms with Crippen LogP contribution in [-0.4, -0.2) is 31.9 Å². The van der Waals surface area contributed by atoms with Gasteiger partial charge in [0, 0.05) is 12.2 Å². The standard InChI is InChI=1S/C15H20O4/c1-12(16)13-5-7-14(8-6-13)17-10-11-19-15-4-2-3-9-18-15/h5-8,15H,2-4,9-11H2,1H3. The summed E-state index contributed by atoms with van der Waals surface area (Å²) in [6, 6.07) is 7.13. The first-order valence-electron chi connectivity index (χ1n) is 6.73. The molecule has 1 aliphatic heterocycles. The van der Waals surface area contributed by atoms with Crippen LogP contribution in [0.15, 0.2) is 24.3 Å². The van der Waals surface area contributed by atoms with Gasteiger partial charge in [0.1, 0.15) is 12.4 Å². The molecule has 2 rings (SSSR count). The predicted octanol–water partition coefficient (Wildman–Crippen LogP) is 2.81. The fraction of sp³-hybridized carbons (Fsp3) is 0.533. The molecule has 1 saturated heterocycles. The SMILES string of the molecule is CC(=O)c1ccc(OCCOC2CCCCO2)cc1. The molecule has 0 radical (unpaired) electrons. The average molecular weight is 264 g/mol. The van der Waals surface area contributed by atoms with Crippen LogP contribution in [0.4, 0.5) is 0 Å². The van der Waals surface area contributed by atoms with Crippen molar-refractivity contribution in [2.45, 2.75) is 32.5 Å². The van der Waals surface area contributed by atoms with Gasteiger partial charge in [0.25, 0.3) is 0 Å². The molecule has 1 aromatic rings.